The van der Waals surface area contributed by atoms with E-state index >= 15 is 0 Å². The first kappa shape index (κ1) is 27.6. The van der Waals surface area contributed by atoms with Gasteiger partial charge in [-0.3, -0.25) is 0 Å². The summed E-state index contributed by atoms with van der Waals surface area (Å²) in [5.41, 5.74) is 8.57. The van der Waals surface area contributed by atoms with Crippen LogP contribution in [0.4, 0.5) is 17.1 Å². The van der Waals surface area contributed by atoms with Gasteiger partial charge in [-0.2, -0.15) is 0 Å². The molecule has 3 nitrogen and oxygen atoms in total. The monoisotopic (exact) mass is 656 g/mol. The standard InChI is InChI=1S/C46H28N2OS/c1-2-12-30(13-3-1)48-39-17-8-6-15-34(39)35-25-22-31(27-41(35)48)47(32-23-26-37-36-16-7-9-20-43(36)50-44(37)28-32)40-18-10-19-42-45(40)38-24-21-29-11-4-5-14-33(29)46(38)49-42/h1-28H. The van der Waals surface area contributed by atoms with Crippen LogP contribution in [0.15, 0.2) is 174 Å². The fourth-order valence-corrected chi connectivity index (χ4v) is 9.09. The topological polar surface area (TPSA) is 21.3 Å². The summed E-state index contributed by atoms with van der Waals surface area (Å²) < 4.78 is 11.7. The van der Waals surface area contributed by atoms with Gasteiger partial charge < -0.3 is 13.9 Å². The van der Waals surface area contributed by atoms with E-state index in [-0.39, 0.29) is 0 Å². The van der Waals surface area contributed by atoms with Crippen LogP contribution in [0.5, 0.6) is 0 Å². The number of hydrogen-bond acceptors (Lipinski definition) is 3. The van der Waals surface area contributed by atoms with Gasteiger partial charge in [0.25, 0.3) is 0 Å². The van der Waals surface area contributed by atoms with E-state index in [0.717, 1.165) is 55.6 Å². The Bertz CT molecular complexity index is 3110. The minimum atomic E-state index is 0.876. The number of hydrogen-bond donors (Lipinski definition) is 0. The zero-order valence-corrected chi connectivity index (χ0v) is 27.7. The molecule has 0 bridgehead atoms. The molecule has 0 aliphatic carbocycles. The molecule has 0 fully saturated rings. The van der Waals surface area contributed by atoms with E-state index in [4.69, 9.17) is 4.42 Å². The highest BCUT2D eigenvalue weighted by Gasteiger charge is 2.22. The van der Waals surface area contributed by atoms with E-state index in [1.807, 2.05) is 11.3 Å². The SMILES string of the molecule is c1ccc(-n2c3ccccc3c3ccc(N(c4ccc5c(c4)sc4ccccc45)c4cccc5oc6c7ccccc7ccc6c45)cc32)cc1. The first-order chi connectivity index (χ1) is 24.8. The predicted octanol–water partition coefficient (Wildman–Crippen LogP) is 13.7. The van der Waals surface area contributed by atoms with E-state index < -0.39 is 0 Å². The summed E-state index contributed by atoms with van der Waals surface area (Å²) in [5, 5.41) is 9.57. The minimum Gasteiger partial charge on any atom is -0.455 e. The van der Waals surface area contributed by atoms with Crippen LogP contribution in [-0.4, -0.2) is 4.57 Å². The maximum atomic E-state index is 6.70. The second kappa shape index (κ2) is 10.6. The first-order valence-electron chi connectivity index (χ1n) is 16.9. The molecular weight excluding hydrogens is 629 g/mol. The van der Waals surface area contributed by atoms with Gasteiger partial charge in [0.1, 0.15) is 11.2 Å². The van der Waals surface area contributed by atoms with Crippen molar-refractivity contribution in [1.29, 1.82) is 0 Å². The highest BCUT2D eigenvalue weighted by atomic mass is 32.1. The molecule has 11 aromatic rings. The Balaban J connectivity index is 1.23. The maximum Gasteiger partial charge on any atom is 0.143 e. The number of thiophene rings is 1. The van der Waals surface area contributed by atoms with Crippen molar-refractivity contribution in [3.8, 4) is 5.69 Å². The molecule has 0 unspecified atom stereocenters. The molecule has 0 saturated carbocycles. The van der Waals surface area contributed by atoms with Gasteiger partial charge in [0.15, 0.2) is 0 Å². The lowest BCUT2D eigenvalue weighted by Crippen LogP contribution is -2.10. The number of fused-ring (bicyclic) bond motifs is 11. The molecule has 0 aliphatic rings. The molecule has 3 heterocycles. The van der Waals surface area contributed by atoms with Crippen molar-refractivity contribution >= 4 is 103 Å². The van der Waals surface area contributed by atoms with Crippen molar-refractivity contribution in [2.75, 3.05) is 4.90 Å². The summed E-state index contributed by atoms with van der Waals surface area (Å²) in [6.07, 6.45) is 0. The van der Waals surface area contributed by atoms with Crippen LogP contribution >= 0.6 is 11.3 Å². The van der Waals surface area contributed by atoms with E-state index in [1.54, 1.807) is 0 Å². The fraction of sp³-hybridized carbons (Fsp3) is 0. The van der Waals surface area contributed by atoms with Crippen LogP contribution < -0.4 is 4.90 Å². The maximum absolute atomic E-state index is 6.70. The molecule has 8 aromatic carbocycles. The number of benzene rings is 8. The summed E-state index contributed by atoms with van der Waals surface area (Å²) in [6.45, 7) is 0. The van der Waals surface area contributed by atoms with Gasteiger partial charge >= 0.3 is 0 Å². The fourth-order valence-electron chi connectivity index (χ4n) is 7.96. The third-order valence-corrected chi connectivity index (χ3v) is 11.3. The molecule has 0 amide bonds. The van der Waals surface area contributed by atoms with Gasteiger partial charge in [-0.25, -0.2) is 0 Å². The highest BCUT2D eigenvalue weighted by molar-refractivity contribution is 7.25. The summed E-state index contributed by atoms with van der Waals surface area (Å²) >= 11 is 1.85. The van der Waals surface area contributed by atoms with Gasteiger partial charge in [0.05, 0.1) is 22.1 Å². The zero-order valence-electron chi connectivity index (χ0n) is 26.9. The number of furan rings is 1. The second-order valence-corrected chi connectivity index (χ2v) is 14.0. The predicted molar refractivity (Wildman–Crippen MR) is 213 cm³/mol. The van der Waals surface area contributed by atoms with Crippen molar-refractivity contribution < 1.29 is 4.42 Å². The van der Waals surface area contributed by atoms with E-state index in [1.165, 1.54) is 41.8 Å². The van der Waals surface area contributed by atoms with Gasteiger partial charge in [-0.05, 0) is 72.1 Å². The second-order valence-electron chi connectivity index (χ2n) is 12.9. The summed E-state index contributed by atoms with van der Waals surface area (Å²) in [7, 11) is 0. The highest BCUT2D eigenvalue weighted by Crippen LogP contribution is 2.47. The van der Waals surface area contributed by atoms with Crippen molar-refractivity contribution in [1.82, 2.24) is 4.57 Å². The third kappa shape index (κ3) is 3.97. The van der Waals surface area contributed by atoms with Crippen molar-refractivity contribution in [2.45, 2.75) is 0 Å². The number of para-hydroxylation sites is 2. The minimum absolute atomic E-state index is 0.876. The smallest absolute Gasteiger partial charge is 0.143 e. The lowest BCUT2D eigenvalue weighted by molar-refractivity contribution is 0.672. The van der Waals surface area contributed by atoms with Crippen molar-refractivity contribution in [3.05, 3.63) is 170 Å². The largest absolute Gasteiger partial charge is 0.455 e. The molecule has 234 valence electrons. The third-order valence-electron chi connectivity index (χ3n) is 10.2. The summed E-state index contributed by atoms with van der Waals surface area (Å²) in [4.78, 5) is 2.42. The molecular formula is C46H28N2OS. The Morgan fingerprint density at radius 1 is 0.460 bits per heavy atom. The van der Waals surface area contributed by atoms with Crippen molar-refractivity contribution in [2.24, 2.45) is 0 Å². The summed E-state index contributed by atoms with van der Waals surface area (Å²) in [5.74, 6) is 0. The molecule has 0 atom stereocenters. The number of aromatic nitrogens is 1. The molecule has 0 spiro atoms. The quantitative estimate of drug-likeness (QED) is 0.188. The Kier molecular flexibility index (Phi) is 5.83. The molecule has 4 heteroatoms. The van der Waals surface area contributed by atoms with Crippen LogP contribution in [-0.2, 0) is 0 Å². The number of anilines is 3. The van der Waals surface area contributed by atoms with Gasteiger partial charge in [-0.15, -0.1) is 11.3 Å². The summed E-state index contributed by atoms with van der Waals surface area (Å²) in [6, 6.07) is 61.3. The Labute approximate surface area is 291 Å². The Hall–Kier alpha value is -6.36. The molecule has 11 rings (SSSR count). The van der Waals surface area contributed by atoms with E-state index in [2.05, 4.69) is 179 Å². The van der Waals surface area contributed by atoms with Crippen LogP contribution in [0.25, 0.3) is 80.4 Å². The Morgan fingerprint density at radius 3 is 2.04 bits per heavy atom. The average Bonchev–Trinajstić information content (AvgIpc) is 3.85. The molecule has 0 radical (unpaired) electrons. The number of rotatable bonds is 4. The average molecular weight is 657 g/mol. The van der Waals surface area contributed by atoms with Crippen LogP contribution in [0, 0.1) is 0 Å². The van der Waals surface area contributed by atoms with Gasteiger partial charge in [0.2, 0.25) is 0 Å². The number of nitrogens with zero attached hydrogens (tertiary/aromatic N) is 2. The molecule has 0 saturated heterocycles. The lowest BCUT2D eigenvalue weighted by Gasteiger charge is -2.26. The van der Waals surface area contributed by atoms with Crippen LogP contribution in [0.2, 0.25) is 0 Å². The molecule has 50 heavy (non-hydrogen) atoms. The van der Waals surface area contributed by atoms with Gasteiger partial charge in [-0.1, -0.05) is 103 Å². The van der Waals surface area contributed by atoms with Gasteiger partial charge in [0, 0.05) is 58.8 Å². The normalized spacial score (nSPS) is 12.0. The first-order valence-corrected chi connectivity index (χ1v) is 17.7. The zero-order chi connectivity index (χ0) is 32.8. The van der Waals surface area contributed by atoms with E-state index in [0.29, 0.717) is 0 Å². The van der Waals surface area contributed by atoms with Crippen LogP contribution in [0.1, 0.15) is 0 Å². The Morgan fingerprint density at radius 2 is 1.14 bits per heavy atom. The van der Waals surface area contributed by atoms with Crippen LogP contribution in [0.3, 0.4) is 0 Å². The van der Waals surface area contributed by atoms with E-state index in [9.17, 15) is 0 Å². The molecule has 3 aromatic heterocycles. The molecule has 0 N–H and O–H groups in total. The molecule has 0 aliphatic heterocycles. The lowest BCUT2D eigenvalue weighted by atomic mass is 10.0. The van der Waals surface area contributed by atoms with Crippen molar-refractivity contribution in [3.63, 3.8) is 0 Å².